The zero-order chi connectivity index (χ0) is 14.2. The molecule has 1 unspecified atom stereocenters. The summed E-state index contributed by atoms with van der Waals surface area (Å²) in [5, 5.41) is 2.72. The number of nitrogens with zero attached hydrogens (tertiary/aromatic N) is 2. The maximum absolute atomic E-state index is 12.5. The normalized spacial score (nSPS) is 13.5. The topological polar surface area (TPSA) is 46.9 Å². The van der Waals surface area contributed by atoms with Crippen LogP contribution in [0.4, 0.5) is 19.0 Å². The molecule has 0 radical (unpaired) electrons. The van der Waals surface area contributed by atoms with Gasteiger partial charge in [0.2, 0.25) is 0 Å². The molecule has 7 heteroatoms. The maximum Gasteiger partial charge on any atom is 0.408 e. The molecule has 0 aliphatic rings. The van der Waals surface area contributed by atoms with Crippen molar-refractivity contribution in [1.82, 2.24) is 9.55 Å². The first kappa shape index (κ1) is 13.4. The highest BCUT2D eigenvalue weighted by molar-refractivity contribution is 5.89. The van der Waals surface area contributed by atoms with Crippen LogP contribution in [0.2, 0.25) is 0 Å². The summed E-state index contributed by atoms with van der Waals surface area (Å²) in [4.78, 5) is 15.3. The number of halogens is 3. The van der Waals surface area contributed by atoms with Crippen molar-refractivity contribution in [2.24, 2.45) is 7.05 Å². The molecule has 1 aromatic heterocycles. The lowest BCUT2D eigenvalue weighted by atomic mass is 10.2. The van der Waals surface area contributed by atoms with Crippen molar-refractivity contribution in [3.8, 4) is 0 Å². The number of anilines is 1. The number of aryl methyl sites for hydroxylation is 1. The molecule has 2 aromatic rings. The summed E-state index contributed by atoms with van der Waals surface area (Å²) in [6, 6.07) is 4.88. The van der Waals surface area contributed by atoms with E-state index in [0.29, 0.717) is 10.9 Å². The Balaban J connectivity index is 2.56. The quantitative estimate of drug-likeness (QED) is 0.911. The number of alkyl halides is 3. The highest BCUT2D eigenvalue weighted by atomic mass is 19.4. The van der Waals surface area contributed by atoms with Crippen molar-refractivity contribution in [2.75, 3.05) is 5.32 Å². The van der Waals surface area contributed by atoms with Crippen molar-refractivity contribution >= 4 is 16.7 Å². The lowest BCUT2D eigenvalue weighted by Gasteiger charge is -2.19. The van der Waals surface area contributed by atoms with Gasteiger partial charge in [0.1, 0.15) is 11.9 Å². The van der Waals surface area contributed by atoms with Crippen molar-refractivity contribution in [3.05, 3.63) is 34.7 Å². The van der Waals surface area contributed by atoms with Gasteiger partial charge in [-0.25, -0.2) is 4.79 Å². The van der Waals surface area contributed by atoms with Crippen molar-refractivity contribution < 1.29 is 13.2 Å². The number of fused-ring (bicyclic) bond motifs is 1. The van der Waals surface area contributed by atoms with Crippen LogP contribution in [-0.4, -0.2) is 21.8 Å². The van der Waals surface area contributed by atoms with Gasteiger partial charge in [0, 0.05) is 12.4 Å². The Labute approximate surface area is 106 Å². The second-order valence-electron chi connectivity index (χ2n) is 4.23. The summed E-state index contributed by atoms with van der Waals surface area (Å²) >= 11 is 0. The number of hydrogen-bond acceptors (Lipinski definition) is 3. The molecule has 0 bridgehead atoms. The molecule has 0 spiro atoms. The smallest absolute Gasteiger partial charge is 0.358 e. The van der Waals surface area contributed by atoms with Crippen LogP contribution in [0.5, 0.6) is 0 Å². The Hall–Kier alpha value is -2.05. The Morgan fingerprint density at radius 1 is 1.32 bits per heavy atom. The third kappa shape index (κ3) is 2.54. The van der Waals surface area contributed by atoms with E-state index < -0.39 is 17.9 Å². The van der Waals surface area contributed by atoms with Crippen molar-refractivity contribution in [3.63, 3.8) is 0 Å². The van der Waals surface area contributed by atoms with Gasteiger partial charge >= 0.3 is 11.9 Å². The molecule has 1 heterocycles. The Kier molecular flexibility index (Phi) is 3.21. The summed E-state index contributed by atoms with van der Waals surface area (Å²) in [6.45, 7) is 0.980. The number of aromatic nitrogens is 2. The molecule has 1 atom stereocenters. The van der Waals surface area contributed by atoms with Gasteiger partial charge in [-0.05, 0) is 19.1 Å². The predicted octanol–water partition coefficient (Wildman–Crippen LogP) is 2.30. The van der Waals surface area contributed by atoms with E-state index in [4.69, 9.17) is 0 Å². The van der Waals surface area contributed by atoms with Crippen LogP contribution in [0.1, 0.15) is 6.92 Å². The van der Waals surface area contributed by atoms with E-state index in [0.717, 1.165) is 6.92 Å². The van der Waals surface area contributed by atoms with Crippen LogP contribution >= 0.6 is 0 Å². The van der Waals surface area contributed by atoms with Gasteiger partial charge in [0.05, 0.1) is 5.52 Å². The maximum atomic E-state index is 12.5. The average molecular weight is 271 g/mol. The van der Waals surface area contributed by atoms with E-state index in [1.54, 1.807) is 24.3 Å². The monoisotopic (exact) mass is 271 g/mol. The van der Waals surface area contributed by atoms with Gasteiger partial charge in [-0.1, -0.05) is 12.1 Å². The van der Waals surface area contributed by atoms with Crippen molar-refractivity contribution in [2.45, 2.75) is 19.1 Å². The summed E-state index contributed by atoms with van der Waals surface area (Å²) in [5.41, 5.74) is -0.0741. The average Bonchev–Trinajstić information content (AvgIpc) is 2.34. The van der Waals surface area contributed by atoms with Gasteiger partial charge < -0.3 is 5.32 Å². The summed E-state index contributed by atoms with van der Waals surface area (Å²) in [6.07, 6.45) is -4.40. The third-order valence-corrected chi connectivity index (χ3v) is 2.86. The second-order valence-corrected chi connectivity index (χ2v) is 4.23. The van der Waals surface area contributed by atoms with E-state index in [2.05, 4.69) is 10.3 Å². The molecule has 4 nitrogen and oxygen atoms in total. The minimum Gasteiger partial charge on any atom is -0.358 e. The van der Waals surface area contributed by atoms with Crippen LogP contribution < -0.4 is 11.0 Å². The van der Waals surface area contributed by atoms with Crippen LogP contribution in [0.15, 0.2) is 29.1 Å². The molecule has 0 amide bonds. The van der Waals surface area contributed by atoms with Crippen LogP contribution in [0.25, 0.3) is 10.9 Å². The van der Waals surface area contributed by atoms with Crippen LogP contribution in [0, 0.1) is 0 Å². The van der Waals surface area contributed by atoms with E-state index in [9.17, 15) is 18.0 Å². The highest BCUT2D eigenvalue weighted by Crippen LogP contribution is 2.25. The Morgan fingerprint density at radius 3 is 2.58 bits per heavy atom. The van der Waals surface area contributed by atoms with Gasteiger partial charge in [0.25, 0.3) is 0 Å². The zero-order valence-electron chi connectivity index (χ0n) is 10.3. The first-order chi connectivity index (χ1) is 8.80. The van der Waals surface area contributed by atoms with E-state index in [1.807, 2.05) is 0 Å². The molecule has 0 fully saturated rings. The lowest BCUT2D eigenvalue weighted by Crippen LogP contribution is -2.34. The lowest BCUT2D eigenvalue weighted by molar-refractivity contribution is -0.138. The minimum atomic E-state index is -4.40. The molecule has 0 saturated heterocycles. The predicted molar refractivity (Wildman–Crippen MR) is 66.1 cm³/mol. The first-order valence-electron chi connectivity index (χ1n) is 5.59. The fourth-order valence-electron chi connectivity index (χ4n) is 1.70. The fraction of sp³-hybridized carbons (Fsp3) is 0.333. The minimum absolute atomic E-state index is 0.0523. The zero-order valence-corrected chi connectivity index (χ0v) is 10.3. The largest absolute Gasteiger partial charge is 0.408 e. The molecular weight excluding hydrogens is 259 g/mol. The third-order valence-electron chi connectivity index (χ3n) is 2.86. The summed E-state index contributed by atoms with van der Waals surface area (Å²) in [7, 11) is 1.52. The number of nitrogens with one attached hydrogen (secondary N) is 1. The number of hydrogen-bond donors (Lipinski definition) is 1. The molecular formula is C12H12F3N3O. The van der Waals surface area contributed by atoms with Crippen molar-refractivity contribution in [1.29, 1.82) is 0 Å². The van der Waals surface area contributed by atoms with Gasteiger partial charge in [-0.3, -0.25) is 4.57 Å². The van der Waals surface area contributed by atoms with Gasteiger partial charge in [0.15, 0.2) is 0 Å². The molecule has 1 N–H and O–H groups in total. The molecule has 0 aliphatic carbocycles. The highest BCUT2D eigenvalue weighted by Gasteiger charge is 2.36. The van der Waals surface area contributed by atoms with Gasteiger partial charge in [-0.2, -0.15) is 18.2 Å². The fourth-order valence-corrected chi connectivity index (χ4v) is 1.70. The van der Waals surface area contributed by atoms with E-state index in [-0.39, 0.29) is 5.82 Å². The Bertz CT molecular complexity index is 663. The molecule has 2 rings (SSSR count). The number of para-hydroxylation sites is 1. The van der Waals surface area contributed by atoms with Crippen LogP contribution in [0.3, 0.4) is 0 Å². The number of rotatable bonds is 2. The van der Waals surface area contributed by atoms with Crippen LogP contribution in [-0.2, 0) is 7.05 Å². The van der Waals surface area contributed by atoms with E-state index >= 15 is 0 Å². The summed E-state index contributed by atoms with van der Waals surface area (Å²) in [5.74, 6) is -0.0523. The summed E-state index contributed by atoms with van der Waals surface area (Å²) < 4.78 is 38.9. The standard InChI is InChI=1S/C12H12F3N3O/c1-7(12(13,14)15)16-10-8-5-3-4-6-9(8)18(2)11(19)17-10/h3-7H,1-2H3,(H,16,17,19). The molecule has 0 saturated carbocycles. The molecule has 102 valence electrons. The Morgan fingerprint density at radius 2 is 1.95 bits per heavy atom. The first-order valence-corrected chi connectivity index (χ1v) is 5.59. The molecule has 1 aromatic carbocycles. The molecule has 0 aliphatic heterocycles. The molecule has 19 heavy (non-hydrogen) atoms. The SMILES string of the molecule is CC(Nc1nc(=O)n(C)c2ccccc12)C(F)(F)F. The second kappa shape index (κ2) is 4.56. The number of benzene rings is 1. The van der Waals surface area contributed by atoms with E-state index in [1.165, 1.54) is 11.6 Å². The van der Waals surface area contributed by atoms with Gasteiger partial charge in [-0.15, -0.1) is 0 Å².